The molecule has 0 spiro atoms. The van der Waals surface area contributed by atoms with Crippen LogP contribution < -0.4 is 9.64 Å². The van der Waals surface area contributed by atoms with Gasteiger partial charge in [-0.15, -0.1) is 0 Å². The third-order valence-corrected chi connectivity index (χ3v) is 4.47. The van der Waals surface area contributed by atoms with E-state index in [2.05, 4.69) is 22.0 Å². The summed E-state index contributed by atoms with van der Waals surface area (Å²) in [6.45, 7) is 2.75. The van der Waals surface area contributed by atoms with Crippen LogP contribution in [-0.4, -0.2) is 24.8 Å². The molecule has 2 rings (SSSR count). The fourth-order valence-corrected chi connectivity index (χ4v) is 2.85. The molecule has 0 aliphatic carbocycles. The summed E-state index contributed by atoms with van der Waals surface area (Å²) < 4.78 is 6.31. The third-order valence-electron chi connectivity index (χ3n) is 3.94. The van der Waals surface area contributed by atoms with Gasteiger partial charge in [-0.3, -0.25) is 9.59 Å². The number of ether oxygens (including phenoxy) is 1. The number of Topliss-reactive ketones (excluding diaryl/α,β-unsaturated/α-hetero) is 1. The maximum atomic E-state index is 12.7. The van der Waals surface area contributed by atoms with Crippen LogP contribution in [-0.2, 0) is 4.79 Å². The molecular formula is C21H21BrN2O3. The van der Waals surface area contributed by atoms with Gasteiger partial charge in [0.25, 0.3) is 0 Å². The zero-order valence-corrected chi connectivity index (χ0v) is 16.7. The highest BCUT2D eigenvalue weighted by atomic mass is 79.9. The van der Waals surface area contributed by atoms with Gasteiger partial charge in [0.05, 0.1) is 19.1 Å². The van der Waals surface area contributed by atoms with E-state index in [1.54, 1.807) is 53.4 Å². The predicted octanol–water partition coefficient (Wildman–Crippen LogP) is 4.76. The maximum Gasteiger partial charge on any atom is 0.227 e. The Bertz CT molecular complexity index is 811. The fraction of sp³-hybridized carbons (Fsp3) is 0.286. The number of halogens is 1. The number of amides is 1. The van der Waals surface area contributed by atoms with Gasteiger partial charge in [-0.25, -0.2) is 0 Å². The normalized spacial score (nSPS) is 10.1. The number of nitrogens with zero attached hydrogens (tertiary/aromatic N) is 2. The summed E-state index contributed by atoms with van der Waals surface area (Å²) in [4.78, 5) is 26.5. The molecule has 0 heterocycles. The monoisotopic (exact) mass is 428 g/mol. The van der Waals surface area contributed by atoms with Crippen molar-refractivity contribution in [2.45, 2.75) is 26.2 Å². The molecule has 0 saturated carbocycles. The van der Waals surface area contributed by atoms with E-state index in [1.807, 2.05) is 6.92 Å². The van der Waals surface area contributed by atoms with Crippen molar-refractivity contribution in [1.82, 2.24) is 0 Å². The topological polar surface area (TPSA) is 70.4 Å². The van der Waals surface area contributed by atoms with Gasteiger partial charge in [-0.05, 0) is 43.3 Å². The predicted molar refractivity (Wildman–Crippen MR) is 108 cm³/mol. The molecule has 6 heteroatoms. The molecule has 0 bridgehead atoms. The van der Waals surface area contributed by atoms with Gasteiger partial charge in [0, 0.05) is 35.1 Å². The lowest BCUT2D eigenvalue weighted by Crippen LogP contribution is -2.32. The first-order valence-corrected chi connectivity index (χ1v) is 9.53. The van der Waals surface area contributed by atoms with E-state index in [4.69, 9.17) is 10.00 Å². The SMILES string of the molecule is CCOc1ccc(N(CCC#N)C(=O)CCC(=O)c2ccc(Br)cc2)cc1. The minimum atomic E-state index is -0.181. The van der Waals surface area contributed by atoms with E-state index in [9.17, 15) is 9.59 Å². The van der Waals surface area contributed by atoms with Crippen molar-refractivity contribution in [2.75, 3.05) is 18.1 Å². The van der Waals surface area contributed by atoms with Gasteiger partial charge in [0.1, 0.15) is 5.75 Å². The zero-order chi connectivity index (χ0) is 19.6. The Morgan fingerprint density at radius 1 is 1.07 bits per heavy atom. The lowest BCUT2D eigenvalue weighted by atomic mass is 10.1. The second-order valence-corrected chi connectivity index (χ2v) is 6.73. The second kappa shape index (κ2) is 10.5. The van der Waals surface area contributed by atoms with Crippen LogP contribution in [0.1, 0.15) is 36.5 Å². The summed E-state index contributed by atoms with van der Waals surface area (Å²) in [6.07, 6.45) is 0.438. The first-order chi connectivity index (χ1) is 13.0. The molecule has 0 N–H and O–H groups in total. The van der Waals surface area contributed by atoms with Crippen LogP contribution in [0, 0.1) is 11.3 Å². The van der Waals surface area contributed by atoms with E-state index in [0.29, 0.717) is 17.9 Å². The van der Waals surface area contributed by atoms with E-state index < -0.39 is 0 Å². The number of anilines is 1. The van der Waals surface area contributed by atoms with Gasteiger partial charge >= 0.3 is 0 Å². The number of benzene rings is 2. The minimum absolute atomic E-state index is 0.0808. The van der Waals surface area contributed by atoms with Crippen LogP contribution in [0.25, 0.3) is 0 Å². The maximum absolute atomic E-state index is 12.7. The number of hydrogen-bond donors (Lipinski definition) is 0. The molecule has 1 amide bonds. The molecule has 140 valence electrons. The van der Waals surface area contributed by atoms with Crippen LogP contribution in [0.3, 0.4) is 0 Å². The number of carbonyl (C=O) groups is 2. The average Bonchev–Trinajstić information content (AvgIpc) is 2.68. The van der Waals surface area contributed by atoms with Crippen molar-refractivity contribution >= 4 is 33.3 Å². The Kier molecular flexibility index (Phi) is 8.02. The summed E-state index contributed by atoms with van der Waals surface area (Å²) >= 11 is 3.33. The first-order valence-electron chi connectivity index (χ1n) is 8.74. The van der Waals surface area contributed by atoms with Crippen molar-refractivity contribution in [3.63, 3.8) is 0 Å². The molecule has 2 aromatic carbocycles. The molecule has 0 unspecified atom stereocenters. The van der Waals surface area contributed by atoms with Crippen molar-refractivity contribution in [3.8, 4) is 11.8 Å². The minimum Gasteiger partial charge on any atom is -0.494 e. The highest BCUT2D eigenvalue weighted by Gasteiger charge is 2.17. The van der Waals surface area contributed by atoms with Crippen molar-refractivity contribution < 1.29 is 14.3 Å². The summed E-state index contributed by atoms with van der Waals surface area (Å²) in [7, 11) is 0. The van der Waals surface area contributed by atoms with Gasteiger partial charge in [-0.1, -0.05) is 28.1 Å². The Balaban J connectivity index is 2.04. The number of rotatable bonds is 9. The fourth-order valence-electron chi connectivity index (χ4n) is 2.58. The summed E-state index contributed by atoms with van der Waals surface area (Å²) in [5.41, 5.74) is 1.27. The lowest BCUT2D eigenvalue weighted by molar-refractivity contribution is -0.118. The third kappa shape index (κ3) is 6.22. The van der Waals surface area contributed by atoms with Gasteiger partial charge in [0.15, 0.2) is 5.78 Å². The second-order valence-electron chi connectivity index (χ2n) is 5.81. The summed E-state index contributed by atoms with van der Waals surface area (Å²) in [6, 6.07) is 16.3. The van der Waals surface area contributed by atoms with E-state index in [0.717, 1.165) is 10.2 Å². The molecule has 27 heavy (non-hydrogen) atoms. The molecule has 0 aromatic heterocycles. The smallest absolute Gasteiger partial charge is 0.227 e. The lowest BCUT2D eigenvalue weighted by Gasteiger charge is -2.22. The van der Waals surface area contributed by atoms with Crippen LogP contribution in [0.2, 0.25) is 0 Å². The standard InChI is InChI=1S/C21H21BrN2O3/c1-2-27-19-10-8-18(9-11-19)24(15-3-14-23)21(26)13-12-20(25)16-4-6-17(22)7-5-16/h4-11H,2-3,12-13,15H2,1H3. The molecule has 0 fully saturated rings. The molecule has 0 radical (unpaired) electrons. The van der Waals surface area contributed by atoms with Crippen molar-refractivity contribution in [3.05, 3.63) is 58.6 Å². The zero-order valence-electron chi connectivity index (χ0n) is 15.2. The Morgan fingerprint density at radius 2 is 1.74 bits per heavy atom. The van der Waals surface area contributed by atoms with Crippen molar-refractivity contribution in [1.29, 1.82) is 5.26 Å². The van der Waals surface area contributed by atoms with E-state index in [1.165, 1.54) is 0 Å². The largest absolute Gasteiger partial charge is 0.494 e. The molecule has 2 aromatic rings. The molecule has 0 atom stereocenters. The molecule has 0 saturated heterocycles. The Morgan fingerprint density at radius 3 is 2.33 bits per heavy atom. The van der Waals surface area contributed by atoms with Crippen LogP contribution in [0.15, 0.2) is 53.0 Å². The summed E-state index contributed by atoms with van der Waals surface area (Å²) in [5, 5.41) is 8.88. The molecule has 0 aliphatic heterocycles. The number of carbonyl (C=O) groups excluding carboxylic acids is 2. The Labute approximate surface area is 167 Å². The number of ketones is 1. The molecule has 0 aliphatic rings. The highest BCUT2D eigenvalue weighted by Crippen LogP contribution is 2.21. The molecular weight excluding hydrogens is 408 g/mol. The Hall–Kier alpha value is -2.65. The van der Waals surface area contributed by atoms with E-state index in [-0.39, 0.29) is 37.5 Å². The van der Waals surface area contributed by atoms with Gasteiger partial charge in [0.2, 0.25) is 5.91 Å². The van der Waals surface area contributed by atoms with Crippen LogP contribution >= 0.6 is 15.9 Å². The van der Waals surface area contributed by atoms with Crippen LogP contribution in [0.5, 0.6) is 5.75 Å². The number of nitriles is 1. The first kappa shape index (κ1) is 20.7. The van der Waals surface area contributed by atoms with Crippen molar-refractivity contribution in [2.24, 2.45) is 0 Å². The van der Waals surface area contributed by atoms with E-state index >= 15 is 0 Å². The summed E-state index contributed by atoms with van der Waals surface area (Å²) in [5.74, 6) is 0.460. The molecule has 5 nitrogen and oxygen atoms in total. The quantitative estimate of drug-likeness (QED) is 0.539. The van der Waals surface area contributed by atoms with Crippen LogP contribution in [0.4, 0.5) is 5.69 Å². The van der Waals surface area contributed by atoms with Gasteiger partial charge in [-0.2, -0.15) is 5.26 Å². The van der Waals surface area contributed by atoms with Gasteiger partial charge < -0.3 is 9.64 Å². The average molecular weight is 429 g/mol. The number of hydrogen-bond acceptors (Lipinski definition) is 4. The highest BCUT2D eigenvalue weighted by molar-refractivity contribution is 9.10.